The van der Waals surface area contributed by atoms with Crippen LogP contribution in [0.4, 0.5) is 0 Å². The summed E-state index contributed by atoms with van der Waals surface area (Å²) in [6.07, 6.45) is 2.64. The van der Waals surface area contributed by atoms with Gasteiger partial charge in [-0.25, -0.2) is 0 Å². The van der Waals surface area contributed by atoms with Gasteiger partial charge in [-0.3, -0.25) is 19.5 Å². The smallest absolute Gasteiger partial charge is 0.272 e. The standard InChI is InChI=1S/C13H15N3O4S/c1-14-13(20)11-9-10(15-16-11)7(18)6-8(12(9)19)21-5-3-2-4-17/h6,17H,2-5H2,1H3,(H,14,20)(H,15,16). The van der Waals surface area contributed by atoms with Gasteiger partial charge in [0.05, 0.1) is 10.5 Å². The zero-order chi connectivity index (χ0) is 15.4. The van der Waals surface area contributed by atoms with E-state index in [0.29, 0.717) is 17.1 Å². The third-order valence-corrected chi connectivity index (χ3v) is 4.08. The minimum atomic E-state index is -0.514. The summed E-state index contributed by atoms with van der Waals surface area (Å²) >= 11 is 1.25. The maximum atomic E-state index is 12.4. The topological polar surface area (TPSA) is 112 Å². The molecule has 0 aromatic carbocycles. The number of aliphatic hydroxyl groups excluding tert-OH is 1. The van der Waals surface area contributed by atoms with E-state index >= 15 is 0 Å². The number of aliphatic hydroxyl groups is 1. The molecule has 1 aromatic heterocycles. The van der Waals surface area contributed by atoms with Gasteiger partial charge >= 0.3 is 0 Å². The van der Waals surface area contributed by atoms with E-state index in [1.807, 2.05) is 0 Å². The van der Waals surface area contributed by atoms with Gasteiger partial charge in [0.1, 0.15) is 5.69 Å². The third kappa shape index (κ3) is 3.06. The van der Waals surface area contributed by atoms with Gasteiger partial charge in [0.15, 0.2) is 5.69 Å². The molecular formula is C13H15N3O4S. The van der Waals surface area contributed by atoms with E-state index in [4.69, 9.17) is 5.11 Å². The minimum absolute atomic E-state index is 0.0338. The molecule has 0 aliphatic heterocycles. The first kappa shape index (κ1) is 15.5. The number of Topliss-reactive ketones (excluding diaryl/α,β-unsaturated/α-hetero) is 1. The average Bonchev–Trinajstić information content (AvgIpc) is 2.93. The van der Waals surface area contributed by atoms with Crippen molar-refractivity contribution < 1.29 is 19.5 Å². The highest BCUT2D eigenvalue weighted by Gasteiger charge is 2.33. The third-order valence-electron chi connectivity index (χ3n) is 2.98. The summed E-state index contributed by atoms with van der Waals surface area (Å²) in [6, 6.07) is 0. The number of hydrogen-bond donors (Lipinski definition) is 3. The first-order valence-electron chi connectivity index (χ1n) is 6.45. The van der Waals surface area contributed by atoms with E-state index in [2.05, 4.69) is 15.5 Å². The Bertz CT molecular complexity index is 621. The maximum Gasteiger partial charge on any atom is 0.272 e. The molecule has 0 saturated heterocycles. The Morgan fingerprint density at radius 3 is 2.86 bits per heavy atom. The number of aromatic nitrogens is 2. The molecule has 0 radical (unpaired) electrons. The second kappa shape index (κ2) is 6.68. The molecule has 1 aliphatic carbocycles. The van der Waals surface area contributed by atoms with E-state index < -0.39 is 5.91 Å². The highest BCUT2D eigenvalue weighted by atomic mass is 32.2. The molecule has 3 N–H and O–H groups in total. The lowest BCUT2D eigenvalue weighted by molar-refractivity contribution is 0.0945. The summed E-state index contributed by atoms with van der Waals surface area (Å²) in [5, 5.41) is 17.3. The molecule has 0 bridgehead atoms. The zero-order valence-electron chi connectivity index (χ0n) is 11.4. The molecule has 112 valence electrons. The molecule has 0 spiro atoms. The highest BCUT2D eigenvalue weighted by Crippen LogP contribution is 2.29. The summed E-state index contributed by atoms with van der Waals surface area (Å²) in [4.78, 5) is 36.4. The van der Waals surface area contributed by atoms with E-state index in [1.165, 1.54) is 24.9 Å². The molecule has 1 heterocycles. The van der Waals surface area contributed by atoms with Crippen LogP contribution in [0.3, 0.4) is 0 Å². The number of unbranched alkanes of at least 4 members (excludes halogenated alkanes) is 1. The normalized spacial score (nSPS) is 13.9. The number of hydrogen-bond acceptors (Lipinski definition) is 6. The molecular weight excluding hydrogens is 294 g/mol. The lowest BCUT2D eigenvalue weighted by Crippen LogP contribution is -2.23. The van der Waals surface area contributed by atoms with Crippen LogP contribution in [0.5, 0.6) is 0 Å². The Kier molecular flexibility index (Phi) is 4.92. The number of nitrogens with zero attached hydrogens (tertiary/aromatic N) is 1. The number of allylic oxidation sites excluding steroid dienone is 2. The van der Waals surface area contributed by atoms with Crippen molar-refractivity contribution in [2.75, 3.05) is 19.4 Å². The van der Waals surface area contributed by atoms with Crippen LogP contribution >= 0.6 is 11.8 Å². The van der Waals surface area contributed by atoms with Crippen LogP contribution < -0.4 is 5.32 Å². The van der Waals surface area contributed by atoms with Gasteiger partial charge in [-0.05, 0) is 18.6 Å². The number of rotatable bonds is 6. The molecule has 0 saturated carbocycles. The van der Waals surface area contributed by atoms with Crippen molar-refractivity contribution in [2.45, 2.75) is 12.8 Å². The quantitative estimate of drug-likeness (QED) is 0.661. The van der Waals surface area contributed by atoms with Crippen molar-refractivity contribution in [1.82, 2.24) is 15.5 Å². The molecule has 1 aliphatic rings. The molecule has 8 heteroatoms. The van der Waals surface area contributed by atoms with Crippen LogP contribution in [0.1, 0.15) is 44.2 Å². The van der Waals surface area contributed by atoms with E-state index in [1.54, 1.807) is 0 Å². The first-order chi connectivity index (χ1) is 10.1. The summed E-state index contributed by atoms with van der Waals surface area (Å²) in [5.41, 5.74) is 0.0252. The molecule has 7 nitrogen and oxygen atoms in total. The fourth-order valence-electron chi connectivity index (χ4n) is 1.91. The van der Waals surface area contributed by atoms with Crippen molar-refractivity contribution >= 4 is 29.2 Å². The van der Waals surface area contributed by atoms with Crippen molar-refractivity contribution in [3.05, 3.63) is 27.9 Å². The molecule has 21 heavy (non-hydrogen) atoms. The van der Waals surface area contributed by atoms with Gasteiger partial charge in [-0.2, -0.15) is 5.10 Å². The van der Waals surface area contributed by atoms with Gasteiger partial charge in [0, 0.05) is 19.7 Å². The van der Waals surface area contributed by atoms with Crippen molar-refractivity contribution in [3.8, 4) is 0 Å². The summed E-state index contributed by atoms with van der Waals surface area (Å²) < 4.78 is 0. The summed E-state index contributed by atoms with van der Waals surface area (Å²) in [7, 11) is 1.43. The predicted octanol–water partition coefficient (Wildman–Crippen LogP) is 0.538. The lowest BCUT2D eigenvalue weighted by atomic mass is 9.99. The number of nitrogens with one attached hydrogen (secondary N) is 2. The van der Waals surface area contributed by atoms with Gasteiger partial charge in [0.2, 0.25) is 11.6 Å². The van der Waals surface area contributed by atoms with Gasteiger partial charge < -0.3 is 10.4 Å². The van der Waals surface area contributed by atoms with Gasteiger partial charge in [-0.1, -0.05) is 0 Å². The van der Waals surface area contributed by atoms with Crippen molar-refractivity contribution in [1.29, 1.82) is 0 Å². The Hall–Kier alpha value is -1.93. The number of aromatic amines is 1. The minimum Gasteiger partial charge on any atom is -0.396 e. The number of carbonyl (C=O) groups excluding carboxylic acids is 3. The lowest BCUT2D eigenvalue weighted by Gasteiger charge is -2.11. The number of thioether (sulfide) groups is 1. The van der Waals surface area contributed by atoms with Crippen LogP contribution in [0.15, 0.2) is 11.0 Å². The molecule has 0 fully saturated rings. The van der Waals surface area contributed by atoms with E-state index in [-0.39, 0.29) is 35.1 Å². The Labute approximate surface area is 125 Å². The number of H-pyrrole nitrogens is 1. The molecule has 0 atom stereocenters. The van der Waals surface area contributed by atoms with Gasteiger partial charge in [0.25, 0.3) is 5.91 Å². The summed E-state index contributed by atoms with van der Waals surface area (Å²) in [5.74, 6) is -0.628. The van der Waals surface area contributed by atoms with Gasteiger partial charge in [-0.15, -0.1) is 11.8 Å². The number of ketones is 2. The largest absolute Gasteiger partial charge is 0.396 e. The van der Waals surface area contributed by atoms with Crippen LogP contribution in [-0.4, -0.2) is 52.2 Å². The SMILES string of the molecule is CNC(=O)c1n[nH]c2c1C(=O)C(SCCCCO)=CC2=O. The van der Waals surface area contributed by atoms with Crippen LogP contribution in [0, 0.1) is 0 Å². The van der Waals surface area contributed by atoms with E-state index in [0.717, 1.165) is 6.42 Å². The molecule has 1 aromatic rings. The first-order valence-corrected chi connectivity index (χ1v) is 7.43. The fraction of sp³-hybridized carbons (Fsp3) is 0.385. The number of amides is 1. The van der Waals surface area contributed by atoms with Crippen LogP contribution in [0.2, 0.25) is 0 Å². The molecule has 0 unspecified atom stereocenters. The fourth-order valence-corrected chi connectivity index (χ4v) is 2.90. The van der Waals surface area contributed by atoms with Crippen molar-refractivity contribution in [2.24, 2.45) is 0 Å². The summed E-state index contributed by atoms with van der Waals surface area (Å²) in [6.45, 7) is 0.0964. The monoisotopic (exact) mass is 309 g/mol. The second-order valence-corrected chi connectivity index (χ2v) is 5.52. The number of fused-ring (bicyclic) bond motifs is 1. The Morgan fingerprint density at radius 2 is 2.19 bits per heavy atom. The highest BCUT2D eigenvalue weighted by molar-refractivity contribution is 8.04. The van der Waals surface area contributed by atoms with Crippen LogP contribution in [0.25, 0.3) is 0 Å². The van der Waals surface area contributed by atoms with Crippen molar-refractivity contribution in [3.63, 3.8) is 0 Å². The number of carbonyl (C=O) groups is 3. The Morgan fingerprint density at radius 1 is 1.43 bits per heavy atom. The average molecular weight is 309 g/mol. The second-order valence-electron chi connectivity index (χ2n) is 4.38. The zero-order valence-corrected chi connectivity index (χ0v) is 12.2. The van der Waals surface area contributed by atoms with E-state index in [9.17, 15) is 14.4 Å². The predicted molar refractivity (Wildman–Crippen MR) is 77.5 cm³/mol. The maximum absolute atomic E-state index is 12.4. The Balaban J connectivity index is 2.23. The molecule has 2 rings (SSSR count). The molecule has 1 amide bonds. The van der Waals surface area contributed by atoms with Crippen LogP contribution in [-0.2, 0) is 0 Å².